The van der Waals surface area contributed by atoms with Crippen molar-refractivity contribution < 1.29 is 19.4 Å². The number of rotatable bonds is 14. The van der Waals surface area contributed by atoms with Crippen molar-refractivity contribution in [3.8, 4) is 17.0 Å². The first-order chi connectivity index (χ1) is 20.2. The number of carbonyl (C=O) groups is 2. The number of carbonyl (C=O) groups excluding carboxylic acids is 1. The van der Waals surface area contributed by atoms with Crippen LogP contribution in [0.4, 0.5) is 23.0 Å². The van der Waals surface area contributed by atoms with Crippen molar-refractivity contribution in [2.24, 2.45) is 7.05 Å². The van der Waals surface area contributed by atoms with Crippen LogP contribution in [0.25, 0.3) is 22.2 Å². The van der Waals surface area contributed by atoms with Crippen LogP contribution in [0.15, 0.2) is 67.5 Å². The fourth-order valence-electron chi connectivity index (χ4n) is 4.72. The Morgan fingerprint density at radius 2 is 1.90 bits per heavy atom. The molecule has 0 aliphatic rings. The van der Waals surface area contributed by atoms with Gasteiger partial charge < -0.3 is 34.8 Å². The Morgan fingerprint density at radius 3 is 2.64 bits per heavy atom. The van der Waals surface area contributed by atoms with Gasteiger partial charge in [0.05, 0.1) is 29.9 Å². The number of anilines is 4. The van der Waals surface area contributed by atoms with Gasteiger partial charge in [0.1, 0.15) is 5.75 Å². The quantitative estimate of drug-likeness (QED) is 0.184. The van der Waals surface area contributed by atoms with E-state index in [1.54, 1.807) is 19.4 Å². The summed E-state index contributed by atoms with van der Waals surface area (Å²) in [5, 5.41) is 16.1. The lowest BCUT2D eigenvalue weighted by molar-refractivity contribution is -0.137. The maximum atomic E-state index is 12.3. The molecule has 2 heterocycles. The number of nitrogens with one attached hydrogen (secondary N) is 2. The molecule has 0 spiro atoms. The zero-order valence-electron chi connectivity index (χ0n) is 24.4. The second-order valence-corrected chi connectivity index (χ2v) is 10.0. The lowest BCUT2D eigenvalue weighted by Gasteiger charge is -2.27. The van der Waals surface area contributed by atoms with Crippen LogP contribution in [-0.2, 0) is 16.6 Å². The highest BCUT2D eigenvalue weighted by Gasteiger charge is 2.17. The molecule has 0 saturated heterocycles. The lowest BCUT2D eigenvalue weighted by atomic mass is 10.1. The maximum absolute atomic E-state index is 12.3. The van der Waals surface area contributed by atoms with Crippen molar-refractivity contribution in [2.75, 3.05) is 56.4 Å². The van der Waals surface area contributed by atoms with E-state index in [2.05, 4.69) is 50.0 Å². The molecule has 220 valence electrons. The van der Waals surface area contributed by atoms with E-state index in [-0.39, 0.29) is 12.3 Å². The molecule has 0 saturated carbocycles. The van der Waals surface area contributed by atoms with Crippen LogP contribution in [0.2, 0.25) is 0 Å². The summed E-state index contributed by atoms with van der Waals surface area (Å²) >= 11 is 0. The number of benzene rings is 2. The molecule has 1 amide bonds. The average Bonchev–Trinajstić information content (AvgIpc) is 3.32. The van der Waals surface area contributed by atoms with E-state index in [0.29, 0.717) is 49.1 Å². The first-order valence-electron chi connectivity index (χ1n) is 13.6. The van der Waals surface area contributed by atoms with Gasteiger partial charge in [-0.15, -0.1) is 0 Å². The number of aliphatic carboxylic acids is 1. The largest absolute Gasteiger partial charge is 0.494 e. The molecular formula is C31H37N7O4. The second kappa shape index (κ2) is 13.6. The highest BCUT2D eigenvalue weighted by atomic mass is 16.5. The van der Waals surface area contributed by atoms with Crippen LogP contribution in [0.1, 0.15) is 12.8 Å². The SMILES string of the molecule is C=CC(=O)Nc1cc(Nc2nccc(-c3cn(C)c4ccccc34)n2)c(OC)cc1N(C)CCN(C)CCCC(=O)O. The van der Waals surface area contributed by atoms with Gasteiger partial charge in [-0.3, -0.25) is 9.59 Å². The summed E-state index contributed by atoms with van der Waals surface area (Å²) in [6, 6.07) is 13.7. The van der Waals surface area contributed by atoms with E-state index in [1.165, 1.54) is 6.08 Å². The minimum Gasteiger partial charge on any atom is -0.494 e. The Bertz CT molecular complexity index is 1580. The van der Waals surface area contributed by atoms with E-state index >= 15 is 0 Å². The molecule has 0 atom stereocenters. The predicted molar refractivity (Wildman–Crippen MR) is 167 cm³/mol. The summed E-state index contributed by atoms with van der Waals surface area (Å²) in [6.07, 6.45) is 5.68. The Kier molecular flexibility index (Phi) is 9.77. The zero-order valence-corrected chi connectivity index (χ0v) is 24.4. The van der Waals surface area contributed by atoms with Gasteiger partial charge in [-0.05, 0) is 44.3 Å². The van der Waals surface area contributed by atoms with E-state index < -0.39 is 5.97 Å². The summed E-state index contributed by atoms with van der Waals surface area (Å²) in [6.45, 7) is 5.58. The topological polar surface area (TPSA) is 125 Å². The molecule has 0 unspecified atom stereocenters. The number of fused-ring (bicyclic) bond motifs is 1. The van der Waals surface area contributed by atoms with E-state index in [1.807, 2.05) is 50.3 Å². The van der Waals surface area contributed by atoms with Crippen molar-refractivity contribution in [1.29, 1.82) is 0 Å². The molecule has 0 fully saturated rings. The monoisotopic (exact) mass is 571 g/mol. The van der Waals surface area contributed by atoms with Gasteiger partial charge in [-0.2, -0.15) is 0 Å². The van der Waals surface area contributed by atoms with Gasteiger partial charge in [-0.1, -0.05) is 24.8 Å². The Labute approximate surface area is 245 Å². The molecule has 0 aliphatic heterocycles. The van der Waals surface area contributed by atoms with Gasteiger partial charge >= 0.3 is 5.97 Å². The Hall–Kier alpha value is -4.90. The molecule has 4 rings (SSSR count). The first-order valence-corrected chi connectivity index (χ1v) is 13.6. The first kappa shape index (κ1) is 30.1. The van der Waals surface area contributed by atoms with Gasteiger partial charge in [0, 0.05) is 68.5 Å². The number of hydrogen-bond donors (Lipinski definition) is 3. The number of nitrogens with zero attached hydrogens (tertiary/aromatic N) is 5. The van der Waals surface area contributed by atoms with Crippen molar-refractivity contribution in [2.45, 2.75) is 12.8 Å². The predicted octanol–water partition coefficient (Wildman–Crippen LogP) is 4.74. The van der Waals surface area contributed by atoms with Crippen LogP contribution < -0.4 is 20.3 Å². The van der Waals surface area contributed by atoms with Crippen molar-refractivity contribution in [3.63, 3.8) is 0 Å². The molecule has 42 heavy (non-hydrogen) atoms. The number of carboxylic acid groups (broad SMARTS) is 1. The van der Waals surface area contributed by atoms with E-state index in [4.69, 9.17) is 14.8 Å². The molecule has 2 aromatic carbocycles. The van der Waals surface area contributed by atoms with E-state index in [9.17, 15) is 9.59 Å². The molecule has 0 radical (unpaired) electrons. The minimum atomic E-state index is -0.797. The van der Waals surface area contributed by atoms with Crippen LogP contribution in [-0.4, -0.2) is 77.3 Å². The summed E-state index contributed by atoms with van der Waals surface area (Å²) in [7, 11) is 7.46. The number of ether oxygens (including phenoxy) is 1. The third kappa shape index (κ3) is 7.24. The molecule has 4 aromatic rings. The van der Waals surface area contributed by atoms with Gasteiger partial charge in [-0.25, -0.2) is 9.97 Å². The number of para-hydroxylation sites is 1. The van der Waals surface area contributed by atoms with Gasteiger partial charge in [0.2, 0.25) is 11.9 Å². The third-order valence-corrected chi connectivity index (χ3v) is 6.99. The summed E-state index contributed by atoms with van der Waals surface area (Å²) in [5.74, 6) is -0.221. The number of methoxy groups -OCH3 is 1. The van der Waals surface area contributed by atoms with E-state index in [0.717, 1.165) is 27.8 Å². The van der Waals surface area contributed by atoms with Crippen LogP contribution >= 0.6 is 0 Å². The summed E-state index contributed by atoms with van der Waals surface area (Å²) in [4.78, 5) is 36.5. The number of aromatic nitrogens is 3. The summed E-state index contributed by atoms with van der Waals surface area (Å²) in [5.41, 5.74) is 4.76. The van der Waals surface area contributed by atoms with Gasteiger partial charge in [0.25, 0.3) is 0 Å². The molecule has 2 aromatic heterocycles. The van der Waals surface area contributed by atoms with Crippen molar-refractivity contribution in [3.05, 3.63) is 67.5 Å². The molecule has 11 heteroatoms. The number of hydrogen-bond acceptors (Lipinski definition) is 8. The van der Waals surface area contributed by atoms with Crippen molar-refractivity contribution >= 4 is 45.8 Å². The fraction of sp³-hybridized carbons (Fsp3) is 0.290. The third-order valence-electron chi connectivity index (χ3n) is 6.99. The Morgan fingerprint density at radius 1 is 1.12 bits per heavy atom. The van der Waals surface area contributed by atoms with Crippen LogP contribution in [0.5, 0.6) is 5.75 Å². The maximum Gasteiger partial charge on any atom is 0.303 e. The smallest absolute Gasteiger partial charge is 0.303 e. The highest BCUT2D eigenvalue weighted by molar-refractivity contribution is 6.02. The number of carboxylic acids is 1. The second-order valence-electron chi connectivity index (χ2n) is 10.0. The number of amides is 1. The molecule has 11 nitrogen and oxygen atoms in total. The lowest BCUT2D eigenvalue weighted by Crippen LogP contribution is -2.32. The Balaban J connectivity index is 1.60. The van der Waals surface area contributed by atoms with Crippen LogP contribution in [0.3, 0.4) is 0 Å². The zero-order chi connectivity index (χ0) is 30.2. The number of likely N-dealkylation sites (N-methyl/N-ethyl adjacent to an activating group) is 2. The number of aryl methyl sites for hydroxylation is 1. The van der Waals surface area contributed by atoms with Crippen LogP contribution in [0, 0.1) is 0 Å². The molecule has 0 aliphatic carbocycles. The highest BCUT2D eigenvalue weighted by Crippen LogP contribution is 2.38. The molecular weight excluding hydrogens is 534 g/mol. The minimum absolute atomic E-state index is 0.137. The standard InChI is InChI=1S/C31H37N7O4/c1-6-29(39)33-24-18-25(28(42-5)19-27(24)37(3)17-16-36(2)15-9-12-30(40)41)35-31-32-14-13-23(34-31)22-20-38(4)26-11-8-7-10-21(22)26/h6-8,10-11,13-14,18-20H,1,9,12,15-17H2,2-5H3,(H,33,39)(H,40,41)(H,32,34,35). The molecule has 0 bridgehead atoms. The molecule has 3 N–H and O–H groups in total. The average molecular weight is 572 g/mol. The fourth-order valence-corrected chi connectivity index (χ4v) is 4.72. The normalized spacial score (nSPS) is 11.0. The van der Waals surface area contributed by atoms with Gasteiger partial charge in [0.15, 0.2) is 0 Å². The van der Waals surface area contributed by atoms with Crippen molar-refractivity contribution in [1.82, 2.24) is 19.4 Å². The summed E-state index contributed by atoms with van der Waals surface area (Å²) < 4.78 is 7.79.